The van der Waals surface area contributed by atoms with E-state index >= 15 is 0 Å². The molecule has 0 saturated heterocycles. The van der Waals surface area contributed by atoms with Gasteiger partial charge in [0.05, 0.1) is 5.75 Å². The van der Waals surface area contributed by atoms with E-state index in [1.807, 2.05) is 6.92 Å². The zero-order chi connectivity index (χ0) is 19.3. The van der Waals surface area contributed by atoms with Crippen molar-refractivity contribution in [1.82, 2.24) is 20.1 Å². The summed E-state index contributed by atoms with van der Waals surface area (Å²) in [6.07, 6.45) is 0.927. The lowest BCUT2D eigenvalue weighted by Crippen LogP contribution is -2.33. The van der Waals surface area contributed by atoms with Crippen LogP contribution in [-0.4, -0.2) is 32.5 Å². The summed E-state index contributed by atoms with van der Waals surface area (Å²) in [7, 11) is 0. The van der Waals surface area contributed by atoms with Crippen molar-refractivity contribution in [3.8, 4) is 11.4 Å². The number of carbonyl (C=O) groups excluding carboxylic acids is 1. The molecule has 0 bridgehead atoms. The number of amides is 1. The predicted octanol–water partition coefficient (Wildman–Crippen LogP) is 4.27. The molecule has 5 nitrogen and oxygen atoms in total. The first-order chi connectivity index (χ1) is 12.3. The van der Waals surface area contributed by atoms with Gasteiger partial charge < -0.3 is 9.88 Å². The van der Waals surface area contributed by atoms with Crippen molar-refractivity contribution in [2.45, 2.75) is 71.1 Å². The Hall–Kier alpha value is -1.82. The second-order valence-corrected chi connectivity index (χ2v) is 8.49. The molecule has 2 aromatic rings. The molecule has 0 saturated carbocycles. The van der Waals surface area contributed by atoms with Crippen LogP contribution in [0.2, 0.25) is 0 Å². The first kappa shape index (κ1) is 20.5. The highest BCUT2D eigenvalue weighted by Gasteiger charge is 2.17. The standard InChI is InChI=1S/C20H30N4OS/c1-7-14(3)21-17(25)13-26-19-23-22-18(24(19)8-2)15-9-11-16(12-10-15)20(4,5)6/h9-12,14H,7-8,13H2,1-6H3,(H,21,25). The summed E-state index contributed by atoms with van der Waals surface area (Å²) in [5.74, 6) is 1.23. The van der Waals surface area contributed by atoms with E-state index in [9.17, 15) is 4.79 Å². The molecule has 26 heavy (non-hydrogen) atoms. The van der Waals surface area contributed by atoms with Gasteiger partial charge in [0.15, 0.2) is 11.0 Å². The molecule has 142 valence electrons. The highest BCUT2D eigenvalue weighted by molar-refractivity contribution is 7.99. The van der Waals surface area contributed by atoms with Crippen LogP contribution >= 0.6 is 11.8 Å². The summed E-state index contributed by atoms with van der Waals surface area (Å²) in [5, 5.41) is 12.4. The summed E-state index contributed by atoms with van der Waals surface area (Å²) >= 11 is 1.43. The van der Waals surface area contributed by atoms with Crippen molar-refractivity contribution in [2.75, 3.05) is 5.75 Å². The third-order valence-corrected chi connectivity index (χ3v) is 5.36. The number of nitrogens with one attached hydrogen (secondary N) is 1. The van der Waals surface area contributed by atoms with E-state index in [1.165, 1.54) is 17.3 Å². The topological polar surface area (TPSA) is 59.8 Å². The zero-order valence-corrected chi connectivity index (χ0v) is 17.5. The van der Waals surface area contributed by atoms with Gasteiger partial charge in [-0.1, -0.05) is 63.7 Å². The Bertz CT molecular complexity index is 731. The maximum absolute atomic E-state index is 12.0. The number of hydrogen-bond acceptors (Lipinski definition) is 4. The van der Waals surface area contributed by atoms with Crippen LogP contribution in [0.4, 0.5) is 0 Å². The molecular weight excluding hydrogens is 344 g/mol. The van der Waals surface area contributed by atoms with Crippen LogP contribution in [0.15, 0.2) is 29.4 Å². The molecule has 2 rings (SSSR count). The van der Waals surface area contributed by atoms with E-state index < -0.39 is 0 Å². The van der Waals surface area contributed by atoms with Gasteiger partial charge in [-0.3, -0.25) is 4.79 Å². The van der Waals surface area contributed by atoms with E-state index in [2.05, 4.69) is 79.0 Å². The molecule has 1 unspecified atom stereocenters. The van der Waals surface area contributed by atoms with E-state index in [4.69, 9.17) is 0 Å². The van der Waals surface area contributed by atoms with Gasteiger partial charge in [0.25, 0.3) is 0 Å². The van der Waals surface area contributed by atoms with Crippen LogP contribution in [0.5, 0.6) is 0 Å². The number of nitrogens with zero attached hydrogens (tertiary/aromatic N) is 3. The fraction of sp³-hybridized carbons (Fsp3) is 0.550. The first-order valence-corrected chi connectivity index (χ1v) is 10.2. The number of hydrogen-bond donors (Lipinski definition) is 1. The lowest BCUT2D eigenvalue weighted by molar-refractivity contribution is -0.119. The molecule has 0 fully saturated rings. The molecule has 1 atom stereocenters. The fourth-order valence-electron chi connectivity index (χ4n) is 2.56. The van der Waals surface area contributed by atoms with Gasteiger partial charge in [-0.2, -0.15) is 0 Å². The van der Waals surface area contributed by atoms with E-state index in [0.717, 1.165) is 29.5 Å². The second kappa shape index (κ2) is 8.71. The minimum Gasteiger partial charge on any atom is -0.353 e. The number of thioether (sulfide) groups is 1. The molecule has 0 spiro atoms. The van der Waals surface area contributed by atoms with Crippen LogP contribution in [0.25, 0.3) is 11.4 Å². The van der Waals surface area contributed by atoms with Gasteiger partial charge in [0.1, 0.15) is 0 Å². The molecule has 0 aliphatic heterocycles. The van der Waals surface area contributed by atoms with E-state index in [0.29, 0.717) is 5.75 Å². The first-order valence-electron chi connectivity index (χ1n) is 9.22. The number of aromatic nitrogens is 3. The Balaban J connectivity index is 2.13. The Kier molecular flexibility index (Phi) is 6.87. The van der Waals surface area contributed by atoms with Gasteiger partial charge in [-0.15, -0.1) is 10.2 Å². The Morgan fingerprint density at radius 3 is 2.38 bits per heavy atom. The summed E-state index contributed by atoms with van der Waals surface area (Å²) in [6, 6.07) is 8.69. The van der Waals surface area contributed by atoms with Gasteiger partial charge in [0.2, 0.25) is 5.91 Å². The summed E-state index contributed by atoms with van der Waals surface area (Å²) < 4.78 is 2.06. The maximum atomic E-state index is 12.0. The lowest BCUT2D eigenvalue weighted by Gasteiger charge is -2.19. The predicted molar refractivity (Wildman–Crippen MR) is 108 cm³/mol. The largest absolute Gasteiger partial charge is 0.353 e. The minimum atomic E-state index is 0.0334. The molecule has 1 amide bonds. The third kappa shape index (κ3) is 5.10. The molecule has 0 aliphatic rings. The van der Waals surface area contributed by atoms with E-state index in [1.54, 1.807) is 0 Å². The molecule has 0 aliphatic carbocycles. The normalized spacial score (nSPS) is 12.8. The molecule has 1 aromatic carbocycles. The van der Waals surface area contributed by atoms with Crippen molar-refractivity contribution >= 4 is 17.7 Å². The van der Waals surface area contributed by atoms with Crippen LogP contribution in [0.3, 0.4) is 0 Å². The molecule has 6 heteroatoms. The van der Waals surface area contributed by atoms with E-state index in [-0.39, 0.29) is 17.4 Å². The Morgan fingerprint density at radius 1 is 1.19 bits per heavy atom. The maximum Gasteiger partial charge on any atom is 0.230 e. The summed E-state index contributed by atoms with van der Waals surface area (Å²) in [4.78, 5) is 12.0. The van der Waals surface area contributed by atoms with Crippen LogP contribution in [0.1, 0.15) is 53.5 Å². The van der Waals surface area contributed by atoms with Gasteiger partial charge >= 0.3 is 0 Å². The number of benzene rings is 1. The van der Waals surface area contributed by atoms with Gasteiger partial charge in [-0.05, 0) is 31.2 Å². The number of carbonyl (C=O) groups is 1. The van der Waals surface area contributed by atoms with Crippen molar-refractivity contribution in [1.29, 1.82) is 0 Å². The smallest absolute Gasteiger partial charge is 0.230 e. The van der Waals surface area contributed by atoms with Crippen LogP contribution in [-0.2, 0) is 16.8 Å². The summed E-state index contributed by atoms with van der Waals surface area (Å²) in [6.45, 7) is 13.5. The molecule has 1 aromatic heterocycles. The highest BCUT2D eigenvalue weighted by Crippen LogP contribution is 2.27. The third-order valence-electron chi connectivity index (χ3n) is 4.39. The zero-order valence-electron chi connectivity index (χ0n) is 16.7. The molecule has 0 radical (unpaired) electrons. The minimum absolute atomic E-state index is 0.0334. The molecule has 1 heterocycles. The quantitative estimate of drug-likeness (QED) is 0.735. The van der Waals surface area contributed by atoms with Crippen molar-refractivity contribution in [3.63, 3.8) is 0 Å². The lowest BCUT2D eigenvalue weighted by atomic mass is 9.87. The molecular formula is C20H30N4OS. The average Bonchev–Trinajstić information content (AvgIpc) is 3.02. The van der Waals surface area contributed by atoms with Crippen molar-refractivity contribution < 1.29 is 4.79 Å². The SMILES string of the molecule is CCC(C)NC(=O)CSc1nnc(-c2ccc(C(C)(C)C)cc2)n1CC. The van der Waals surface area contributed by atoms with Crippen molar-refractivity contribution in [3.05, 3.63) is 29.8 Å². The van der Waals surface area contributed by atoms with Gasteiger partial charge in [-0.25, -0.2) is 0 Å². The Morgan fingerprint density at radius 2 is 1.85 bits per heavy atom. The van der Waals surface area contributed by atoms with Gasteiger partial charge in [0, 0.05) is 18.2 Å². The van der Waals surface area contributed by atoms with Crippen molar-refractivity contribution in [2.24, 2.45) is 0 Å². The Labute approximate surface area is 161 Å². The number of rotatable bonds is 7. The monoisotopic (exact) mass is 374 g/mol. The highest BCUT2D eigenvalue weighted by atomic mass is 32.2. The average molecular weight is 375 g/mol. The van der Waals surface area contributed by atoms with Crippen LogP contribution < -0.4 is 5.32 Å². The fourth-order valence-corrected chi connectivity index (χ4v) is 3.38. The second-order valence-electron chi connectivity index (χ2n) is 7.54. The molecule has 1 N–H and O–H groups in total. The van der Waals surface area contributed by atoms with Crippen LogP contribution in [0, 0.1) is 0 Å². The summed E-state index contributed by atoms with van der Waals surface area (Å²) in [5.41, 5.74) is 2.46.